The fourth-order valence-corrected chi connectivity index (χ4v) is 2.12. The van der Waals surface area contributed by atoms with Crippen molar-refractivity contribution in [3.05, 3.63) is 30.1 Å². The highest BCUT2D eigenvalue weighted by atomic mass is 79.9. The summed E-state index contributed by atoms with van der Waals surface area (Å²) in [5.74, 6) is -0.380. The number of nitrogens with one attached hydrogen (secondary N) is 4. The number of amides is 2. The minimum atomic E-state index is -0.380. The molecule has 0 saturated carbocycles. The van der Waals surface area contributed by atoms with Gasteiger partial charge in [-0.15, -0.1) is 0 Å². The molecule has 18 heavy (non-hydrogen) atoms. The number of hydrogen-bond acceptors (Lipinski definition) is 3. The maximum atomic E-state index is 12.9. The first-order chi connectivity index (χ1) is 8.65. The predicted octanol–water partition coefficient (Wildman–Crippen LogP) is 1.19. The lowest BCUT2D eigenvalue weighted by Gasteiger charge is -2.14. The van der Waals surface area contributed by atoms with Crippen molar-refractivity contribution in [2.45, 2.75) is 10.9 Å². The first kappa shape index (κ1) is 13.3. The zero-order valence-electron chi connectivity index (χ0n) is 9.54. The monoisotopic (exact) mass is 316 g/mol. The molecule has 7 heteroatoms. The Kier molecular flexibility index (Phi) is 4.51. The average molecular weight is 317 g/mol. The largest absolute Gasteiger partial charge is 0.336 e. The summed E-state index contributed by atoms with van der Waals surface area (Å²) in [6.45, 7) is 1.28. The Morgan fingerprint density at radius 3 is 3.06 bits per heavy atom. The van der Waals surface area contributed by atoms with Crippen molar-refractivity contribution in [1.29, 1.82) is 0 Å². The van der Waals surface area contributed by atoms with Crippen LogP contribution in [0.2, 0.25) is 0 Å². The fourth-order valence-electron chi connectivity index (χ4n) is 1.64. The molecular formula is C11H14BrFN4O. The lowest BCUT2D eigenvalue weighted by molar-refractivity contribution is 0.251. The van der Waals surface area contributed by atoms with E-state index < -0.39 is 0 Å². The third kappa shape index (κ3) is 3.66. The standard InChI is InChI=1S/C11H14BrFN4O/c12-9-5-15-17-10(9)6-14-11(18)16-8-3-1-2-7(13)4-8/h1-4,9-10,15,17H,5-6H2,(H2,14,16,18). The maximum absolute atomic E-state index is 12.9. The van der Waals surface area contributed by atoms with Gasteiger partial charge in [0.2, 0.25) is 0 Å². The SMILES string of the molecule is O=C(NCC1NNCC1Br)Nc1cccc(F)c1. The van der Waals surface area contributed by atoms with E-state index in [0.717, 1.165) is 6.54 Å². The Morgan fingerprint density at radius 1 is 1.56 bits per heavy atom. The fraction of sp³-hybridized carbons (Fsp3) is 0.364. The van der Waals surface area contributed by atoms with E-state index in [-0.39, 0.29) is 22.7 Å². The van der Waals surface area contributed by atoms with E-state index in [1.807, 2.05) is 0 Å². The molecule has 1 fully saturated rings. The molecule has 0 bridgehead atoms. The number of carbonyl (C=O) groups is 1. The van der Waals surface area contributed by atoms with Crippen molar-refractivity contribution >= 4 is 27.6 Å². The minimum absolute atomic E-state index is 0.128. The van der Waals surface area contributed by atoms with Gasteiger partial charge in [0.15, 0.2) is 0 Å². The second-order valence-electron chi connectivity index (χ2n) is 3.99. The van der Waals surface area contributed by atoms with E-state index in [4.69, 9.17) is 0 Å². The van der Waals surface area contributed by atoms with Crippen molar-refractivity contribution in [2.75, 3.05) is 18.4 Å². The van der Waals surface area contributed by atoms with Gasteiger partial charge < -0.3 is 10.6 Å². The van der Waals surface area contributed by atoms with Crippen molar-refractivity contribution in [3.63, 3.8) is 0 Å². The van der Waals surface area contributed by atoms with Gasteiger partial charge in [-0.05, 0) is 18.2 Å². The molecule has 1 aromatic rings. The molecule has 1 aliphatic rings. The van der Waals surface area contributed by atoms with E-state index in [9.17, 15) is 9.18 Å². The quantitative estimate of drug-likeness (QED) is 0.633. The van der Waals surface area contributed by atoms with E-state index in [0.29, 0.717) is 12.2 Å². The van der Waals surface area contributed by atoms with Crippen molar-refractivity contribution < 1.29 is 9.18 Å². The lowest BCUT2D eigenvalue weighted by Crippen LogP contribution is -2.43. The number of carbonyl (C=O) groups excluding carboxylic acids is 1. The van der Waals surface area contributed by atoms with E-state index in [1.165, 1.54) is 12.1 Å². The van der Waals surface area contributed by atoms with Gasteiger partial charge in [-0.1, -0.05) is 22.0 Å². The van der Waals surface area contributed by atoms with Crippen LogP contribution in [0.25, 0.3) is 0 Å². The molecule has 2 amide bonds. The molecule has 1 aliphatic heterocycles. The van der Waals surface area contributed by atoms with Gasteiger partial charge in [0, 0.05) is 23.6 Å². The highest BCUT2D eigenvalue weighted by Crippen LogP contribution is 2.09. The number of halogens is 2. The molecule has 5 nitrogen and oxygen atoms in total. The van der Waals surface area contributed by atoms with Gasteiger partial charge in [0.1, 0.15) is 5.82 Å². The number of hydrazine groups is 1. The van der Waals surface area contributed by atoms with Crippen LogP contribution >= 0.6 is 15.9 Å². The second kappa shape index (κ2) is 6.12. The molecule has 0 aliphatic carbocycles. The van der Waals surface area contributed by atoms with E-state index >= 15 is 0 Å². The Morgan fingerprint density at radius 2 is 2.39 bits per heavy atom. The van der Waals surface area contributed by atoms with Gasteiger partial charge >= 0.3 is 6.03 Å². The molecule has 1 aromatic carbocycles. The maximum Gasteiger partial charge on any atom is 0.319 e. The number of hydrogen-bond donors (Lipinski definition) is 4. The van der Waals surface area contributed by atoms with Gasteiger partial charge in [-0.25, -0.2) is 9.18 Å². The molecular weight excluding hydrogens is 303 g/mol. The third-order valence-corrected chi connectivity index (χ3v) is 3.55. The van der Waals surface area contributed by atoms with Crippen LogP contribution in [0, 0.1) is 5.82 Å². The summed E-state index contributed by atoms with van der Waals surface area (Å²) in [6.07, 6.45) is 0. The summed E-state index contributed by atoms with van der Waals surface area (Å²) < 4.78 is 12.9. The van der Waals surface area contributed by atoms with Crippen LogP contribution < -0.4 is 21.5 Å². The Hall–Kier alpha value is -1.18. The summed E-state index contributed by atoms with van der Waals surface area (Å²) in [5.41, 5.74) is 6.45. The van der Waals surface area contributed by atoms with Gasteiger partial charge in [-0.3, -0.25) is 10.9 Å². The van der Waals surface area contributed by atoms with Gasteiger partial charge in [0.25, 0.3) is 0 Å². The molecule has 1 saturated heterocycles. The Labute approximate surface area is 113 Å². The van der Waals surface area contributed by atoms with Crippen LogP contribution in [0.5, 0.6) is 0 Å². The summed E-state index contributed by atoms with van der Waals surface area (Å²) in [5, 5.41) is 5.29. The van der Waals surface area contributed by atoms with E-state index in [1.54, 1.807) is 12.1 Å². The molecule has 0 spiro atoms. The number of rotatable bonds is 3. The summed E-state index contributed by atoms with van der Waals surface area (Å²) in [6, 6.07) is 5.54. The van der Waals surface area contributed by atoms with Crippen LogP contribution in [-0.4, -0.2) is 30.0 Å². The number of benzene rings is 1. The first-order valence-electron chi connectivity index (χ1n) is 5.58. The smallest absolute Gasteiger partial charge is 0.319 e. The highest BCUT2D eigenvalue weighted by molar-refractivity contribution is 9.09. The zero-order valence-corrected chi connectivity index (χ0v) is 11.1. The molecule has 1 heterocycles. The minimum Gasteiger partial charge on any atom is -0.336 e. The average Bonchev–Trinajstić information content (AvgIpc) is 2.72. The zero-order chi connectivity index (χ0) is 13.0. The van der Waals surface area contributed by atoms with Crippen LogP contribution in [0.1, 0.15) is 0 Å². The Balaban J connectivity index is 1.78. The number of urea groups is 1. The van der Waals surface area contributed by atoms with Crippen LogP contribution in [0.3, 0.4) is 0 Å². The first-order valence-corrected chi connectivity index (χ1v) is 6.49. The van der Waals surface area contributed by atoms with Crippen LogP contribution in [0.15, 0.2) is 24.3 Å². The highest BCUT2D eigenvalue weighted by Gasteiger charge is 2.24. The predicted molar refractivity (Wildman–Crippen MR) is 71.1 cm³/mol. The second-order valence-corrected chi connectivity index (χ2v) is 5.17. The van der Waals surface area contributed by atoms with Crippen LogP contribution in [-0.2, 0) is 0 Å². The molecule has 0 aromatic heterocycles. The Bertz CT molecular complexity index is 431. The molecule has 2 atom stereocenters. The molecule has 2 rings (SSSR count). The lowest BCUT2D eigenvalue weighted by atomic mass is 10.2. The molecule has 2 unspecified atom stereocenters. The molecule has 98 valence electrons. The summed E-state index contributed by atoms with van der Waals surface area (Å²) >= 11 is 3.48. The number of alkyl halides is 1. The van der Waals surface area contributed by atoms with Gasteiger partial charge in [-0.2, -0.15) is 0 Å². The number of anilines is 1. The topological polar surface area (TPSA) is 65.2 Å². The summed E-state index contributed by atoms with van der Waals surface area (Å²) in [4.78, 5) is 11.8. The van der Waals surface area contributed by atoms with Gasteiger partial charge in [0.05, 0.1) is 6.04 Å². The van der Waals surface area contributed by atoms with E-state index in [2.05, 4.69) is 37.4 Å². The van der Waals surface area contributed by atoms with Crippen molar-refractivity contribution in [3.8, 4) is 0 Å². The third-order valence-electron chi connectivity index (χ3n) is 2.59. The van der Waals surface area contributed by atoms with Crippen molar-refractivity contribution in [2.24, 2.45) is 0 Å². The molecule has 0 radical (unpaired) electrons. The summed E-state index contributed by atoms with van der Waals surface area (Å²) in [7, 11) is 0. The van der Waals surface area contributed by atoms with Crippen LogP contribution in [0.4, 0.5) is 14.9 Å². The molecule has 4 N–H and O–H groups in total. The normalized spacial score (nSPS) is 22.8. The van der Waals surface area contributed by atoms with Crippen molar-refractivity contribution in [1.82, 2.24) is 16.2 Å².